The topological polar surface area (TPSA) is 66.8 Å². The highest BCUT2D eigenvalue weighted by atomic mass is 16.6. The van der Waals surface area contributed by atoms with Crippen molar-refractivity contribution in [1.82, 2.24) is 0 Å². The van der Waals surface area contributed by atoms with Crippen LogP contribution in [0.15, 0.2) is 23.3 Å². The summed E-state index contributed by atoms with van der Waals surface area (Å²) in [5.74, 6) is -0.765. The lowest BCUT2D eigenvalue weighted by atomic mass is 9.82. The summed E-state index contributed by atoms with van der Waals surface area (Å²) in [6, 6.07) is 0. The van der Waals surface area contributed by atoms with Crippen molar-refractivity contribution < 1.29 is 19.7 Å². The van der Waals surface area contributed by atoms with Crippen LogP contribution in [0.3, 0.4) is 0 Å². The van der Waals surface area contributed by atoms with Crippen molar-refractivity contribution in [2.24, 2.45) is 11.8 Å². The fraction of sp³-hybridized carbons (Fsp3) is 0.667. The molecular formula is C15H22O4. The molecule has 4 atom stereocenters. The summed E-state index contributed by atoms with van der Waals surface area (Å²) in [6.45, 7) is 3.77. The third-order valence-corrected chi connectivity index (χ3v) is 4.13. The summed E-state index contributed by atoms with van der Waals surface area (Å²) >= 11 is 0. The molecule has 1 saturated heterocycles. The Morgan fingerprint density at radius 2 is 2.21 bits per heavy atom. The highest BCUT2D eigenvalue weighted by Crippen LogP contribution is 2.35. The number of hydrogen-bond donors (Lipinski definition) is 2. The van der Waals surface area contributed by atoms with Crippen molar-refractivity contribution in [3.63, 3.8) is 0 Å². The SMILES string of the molecule is CC1=CCCC(CO)=CC(O)C2C(C1)OC(=O)C2C. The van der Waals surface area contributed by atoms with Gasteiger partial charge < -0.3 is 14.9 Å². The van der Waals surface area contributed by atoms with Gasteiger partial charge in [0, 0.05) is 12.3 Å². The van der Waals surface area contributed by atoms with E-state index in [-0.39, 0.29) is 30.5 Å². The molecule has 0 amide bonds. The fourth-order valence-corrected chi connectivity index (χ4v) is 2.98. The minimum atomic E-state index is -0.737. The number of esters is 1. The molecule has 0 radical (unpaired) electrons. The quantitative estimate of drug-likeness (QED) is 0.558. The minimum Gasteiger partial charge on any atom is -0.461 e. The van der Waals surface area contributed by atoms with Crippen LogP contribution in [-0.2, 0) is 9.53 Å². The van der Waals surface area contributed by atoms with E-state index in [4.69, 9.17) is 4.74 Å². The van der Waals surface area contributed by atoms with Crippen molar-refractivity contribution in [2.75, 3.05) is 6.61 Å². The zero-order valence-corrected chi connectivity index (χ0v) is 11.5. The molecule has 19 heavy (non-hydrogen) atoms. The lowest BCUT2D eigenvalue weighted by Gasteiger charge is -2.24. The van der Waals surface area contributed by atoms with Crippen LogP contribution in [0.4, 0.5) is 0 Å². The molecule has 4 nitrogen and oxygen atoms in total. The highest BCUT2D eigenvalue weighted by Gasteiger charge is 2.45. The standard InChI is InChI=1S/C15H22O4/c1-9-4-3-5-11(8-16)7-12(17)14-10(2)15(18)19-13(14)6-9/h4,7,10,12-14,16-17H,3,5-6,8H2,1-2H3. The molecule has 4 unspecified atom stereocenters. The number of fused-ring (bicyclic) bond motifs is 1. The molecule has 1 aliphatic carbocycles. The van der Waals surface area contributed by atoms with Crippen molar-refractivity contribution in [3.05, 3.63) is 23.3 Å². The Morgan fingerprint density at radius 1 is 1.47 bits per heavy atom. The maximum Gasteiger partial charge on any atom is 0.309 e. The summed E-state index contributed by atoms with van der Waals surface area (Å²) in [5, 5.41) is 19.7. The van der Waals surface area contributed by atoms with Gasteiger partial charge in [-0.2, -0.15) is 0 Å². The van der Waals surface area contributed by atoms with Crippen LogP contribution in [0.25, 0.3) is 0 Å². The van der Waals surface area contributed by atoms with E-state index in [1.165, 1.54) is 5.57 Å². The third-order valence-electron chi connectivity index (χ3n) is 4.13. The first-order valence-corrected chi connectivity index (χ1v) is 6.87. The first-order chi connectivity index (χ1) is 9.02. The molecule has 106 valence electrons. The van der Waals surface area contributed by atoms with Gasteiger partial charge in [0.15, 0.2) is 0 Å². The van der Waals surface area contributed by atoms with Crippen molar-refractivity contribution in [2.45, 2.75) is 45.3 Å². The van der Waals surface area contributed by atoms with Gasteiger partial charge in [0.05, 0.1) is 18.6 Å². The lowest BCUT2D eigenvalue weighted by molar-refractivity contribution is -0.143. The van der Waals surface area contributed by atoms with Crippen LogP contribution in [0.5, 0.6) is 0 Å². The predicted molar refractivity (Wildman–Crippen MR) is 71.3 cm³/mol. The first kappa shape index (κ1) is 14.3. The van der Waals surface area contributed by atoms with Crippen molar-refractivity contribution in [3.8, 4) is 0 Å². The van der Waals surface area contributed by atoms with E-state index in [1.54, 1.807) is 13.0 Å². The highest BCUT2D eigenvalue weighted by molar-refractivity contribution is 5.75. The number of aliphatic hydroxyl groups excluding tert-OH is 2. The van der Waals surface area contributed by atoms with E-state index in [0.29, 0.717) is 6.42 Å². The normalized spacial score (nSPS) is 36.1. The van der Waals surface area contributed by atoms with Crippen LogP contribution in [-0.4, -0.2) is 35.0 Å². The number of carbonyl (C=O) groups excluding carboxylic acids is 1. The molecule has 0 bridgehead atoms. The Morgan fingerprint density at radius 3 is 2.89 bits per heavy atom. The summed E-state index contributed by atoms with van der Waals surface area (Å²) in [6.07, 6.45) is 5.08. The molecule has 0 spiro atoms. The van der Waals surface area contributed by atoms with E-state index < -0.39 is 6.10 Å². The van der Waals surface area contributed by atoms with Gasteiger partial charge in [-0.15, -0.1) is 0 Å². The van der Waals surface area contributed by atoms with Gasteiger partial charge >= 0.3 is 5.97 Å². The second kappa shape index (κ2) is 5.88. The number of carbonyl (C=O) groups is 1. The number of aliphatic hydroxyl groups is 2. The van der Waals surface area contributed by atoms with Crippen LogP contribution in [0.2, 0.25) is 0 Å². The predicted octanol–water partition coefficient (Wildman–Crippen LogP) is 1.57. The molecule has 1 fully saturated rings. The van der Waals surface area contributed by atoms with Gasteiger partial charge in [-0.3, -0.25) is 4.79 Å². The molecule has 0 aromatic rings. The first-order valence-electron chi connectivity index (χ1n) is 6.87. The smallest absolute Gasteiger partial charge is 0.309 e. The van der Waals surface area contributed by atoms with Crippen LogP contribution in [0.1, 0.15) is 33.1 Å². The summed E-state index contributed by atoms with van der Waals surface area (Å²) in [4.78, 5) is 11.7. The van der Waals surface area contributed by atoms with Crippen LogP contribution >= 0.6 is 0 Å². The monoisotopic (exact) mass is 266 g/mol. The Kier molecular flexibility index (Phi) is 4.42. The zero-order chi connectivity index (χ0) is 14.0. The van der Waals surface area contributed by atoms with E-state index in [9.17, 15) is 15.0 Å². The van der Waals surface area contributed by atoms with Gasteiger partial charge in [-0.1, -0.05) is 24.6 Å². The van der Waals surface area contributed by atoms with Gasteiger partial charge in [0.25, 0.3) is 0 Å². The van der Waals surface area contributed by atoms with E-state index >= 15 is 0 Å². The fourth-order valence-electron chi connectivity index (χ4n) is 2.98. The number of allylic oxidation sites excluding steroid dienone is 1. The molecule has 0 aromatic heterocycles. The summed E-state index contributed by atoms with van der Waals surface area (Å²) in [5.41, 5.74) is 1.99. The summed E-state index contributed by atoms with van der Waals surface area (Å²) in [7, 11) is 0. The molecule has 1 aliphatic heterocycles. The molecular weight excluding hydrogens is 244 g/mol. The van der Waals surface area contributed by atoms with E-state index in [0.717, 1.165) is 18.4 Å². The zero-order valence-electron chi connectivity index (χ0n) is 11.5. The Bertz CT molecular complexity index is 410. The van der Waals surface area contributed by atoms with Crippen molar-refractivity contribution >= 4 is 5.97 Å². The second-order valence-electron chi connectivity index (χ2n) is 5.61. The Labute approximate surface area is 113 Å². The van der Waals surface area contributed by atoms with E-state index in [1.807, 2.05) is 6.92 Å². The Balaban J connectivity index is 2.30. The van der Waals surface area contributed by atoms with Crippen LogP contribution < -0.4 is 0 Å². The Hall–Kier alpha value is -1.13. The third kappa shape index (κ3) is 3.07. The maximum absolute atomic E-state index is 11.7. The van der Waals surface area contributed by atoms with Crippen molar-refractivity contribution in [1.29, 1.82) is 0 Å². The molecule has 0 aromatic carbocycles. The van der Waals surface area contributed by atoms with Gasteiger partial charge in [0.1, 0.15) is 6.10 Å². The number of ether oxygens (including phenoxy) is 1. The van der Waals surface area contributed by atoms with Crippen LogP contribution in [0, 0.1) is 11.8 Å². The maximum atomic E-state index is 11.7. The molecule has 4 heteroatoms. The second-order valence-corrected chi connectivity index (χ2v) is 5.61. The summed E-state index contributed by atoms with van der Waals surface area (Å²) < 4.78 is 5.39. The minimum absolute atomic E-state index is 0.0511. The molecule has 2 N–H and O–H groups in total. The molecule has 2 rings (SSSR count). The number of rotatable bonds is 1. The average Bonchev–Trinajstić information content (AvgIpc) is 2.63. The van der Waals surface area contributed by atoms with Gasteiger partial charge in [-0.05, 0) is 25.3 Å². The molecule has 1 heterocycles. The molecule has 0 saturated carbocycles. The lowest BCUT2D eigenvalue weighted by Crippen LogP contribution is -2.31. The number of hydrogen-bond acceptors (Lipinski definition) is 4. The van der Waals surface area contributed by atoms with Gasteiger partial charge in [0.2, 0.25) is 0 Å². The van der Waals surface area contributed by atoms with E-state index in [2.05, 4.69) is 6.08 Å². The largest absolute Gasteiger partial charge is 0.461 e. The molecule has 2 aliphatic rings. The average molecular weight is 266 g/mol. The van der Waals surface area contributed by atoms with Gasteiger partial charge in [-0.25, -0.2) is 0 Å².